The second kappa shape index (κ2) is 5.17. The van der Waals surface area contributed by atoms with Crippen molar-refractivity contribution >= 4 is 21.9 Å². The molecule has 0 saturated carbocycles. The summed E-state index contributed by atoms with van der Waals surface area (Å²) in [5.41, 5.74) is 1.55. The van der Waals surface area contributed by atoms with Crippen molar-refractivity contribution in [3.8, 4) is 11.3 Å². The highest BCUT2D eigenvalue weighted by Gasteiger charge is 2.17. The summed E-state index contributed by atoms with van der Waals surface area (Å²) in [5.74, 6) is -1.36. The van der Waals surface area contributed by atoms with Crippen LogP contribution in [0.4, 0.5) is 4.39 Å². The third-order valence-electron chi connectivity index (χ3n) is 2.87. The predicted molar refractivity (Wildman–Crippen MR) is 74.9 cm³/mol. The van der Waals surface area contributed by atoms with Crippen molar-refractivity contribution in [2.75, 3.05) is 0 Å². The Bertz CT molecular complexity index is 634. The lowest BCUT2D eigenvalue weighted by molar-refractivity contribution is 0.0683. The summed E-state index contributed by atoms with van der Waals surface area (Å²) >= 11 is 3.10. The third kappa shape index (κ3) is 2.56. The lowest BCUT2D eigenvalue weighted by Crippen LogP contribution is -2.11. The molecule has 0 saturated heterocycles. The number of carboxylic acid groups (broad SMARTS) is 1. The van der Waals surface area contributed by atoms with Crippen molar-refractivity contribution in [1.29, 1.82) is 0 Å². The first-order chi connectivity index (χ1) is 8.91. The van der Waals surface area contributed by atoms with Crippen LogP contribution in [0.2, 0.25) is 0 Å². The van der Waals surface area contributed by atoms with Gasteiger partial charge in [-0.3, -0.25) is 0 Å². The average Bonchev–Trinajstić information content (AvgIpc) is 2.77. The summed E-state index contributed by atoms with van der Waals surface area (Å²) in [6, 6.07) is 7.98. The number of rotatable bonds is 3. The maximum absolute atomic E-state index is 13.6. The fraction of sp³-hybridized carbons (Fsp3) is 0.214. The van der Waals surface area contributed by atoms with Crippen LogP contribution in [-0.2, 0) is 0 Å². The maximum atomic E-state index is 13.6. The third-order valence-corrected chi connectivity index (χ3v) is 3.51. The summed E-state index contributed by atoms with van der Waals surface area (Å²) in [6.45, 7) is 3.79. The zero-order valence-corrected chi connectivity index (χ0v) is 12.1. The van der Waals surface area contributed by atoms with E-state index < -0.39 is 5.97 Å². The molecule has 100 valence electrons. The number of aromatic nitrogens is 1. The fourth-order valence-corrected chi connectivity index (χ4v) is 2.32. The Balaban J connectivity index is 2.62. The number of nitrogens with zero attached hydrogens (tertiary/aromatic N) is 1. The van der Waals surface area contributed by atoms with Gasteiger partial charge in [-0.05, 0) is 54.0 Å². The Morgan fingerprint density at radius 2 is 2.00 bits per heavy atom. The van der Waals surface area contributed by atoms with E-state index in [1.807, 2.05) is 13.8 Å². The van der Waals surface area contributed by atoms with Crippen LogP contribution in [0.5, 0.6) is 0 Å². The van der Waals surface area contributed by atoms with Crippen LogP contribution in [0.1, 0.15) is 30.4 Å². The topological polar surface area (TPSA) is 42.2 Å². The van der Waals surface area contributed by atoms with Crippen LogP contribution in [0, 0.1) is 5.82 Å². The number of halogens is 2. The molecule has 0 aliphatic carbocycles. The quantitative estimate of drug-likeness (QED) is 0.912. The molecule has 0 bridgehead atoms. The molecule has 1 aromatic carbocycles. The zero-order valence-electron chi connectivity index (χ0n) is 10.5. The SMILES string of the molecule is CC(C)n1c(C(=O)O)ccc1-c1ccc(Br)c(F)c1. The highest BCUT2D eigenvalue weighted by atomic mass is 79.9. The highest BCUT2D eigenvalue weighted by molar-refractivity contribution is 9.10. The van der Waals surface area contributed by atoms with Gasteiger partial charge in [-0.1, -0.05) is 6.07 Å². The lowest BCUT2D eigenvalue weighted by Gasteiger charge is -2.15. The van der Waals surface area contributed by atoms with E-state index in [0.717, 1.165) is 0 Å². The van der Waals surface area contributed by atoms with E-state index in [1.165, 1.54) is 12.1 Å². The number of aromatic carboxylic acids is 1. The fourth-order valence-electron chi connectivity index (χ4n) is 2.07. The second-order valence-corrected chi connectivity index (χ2v) is 5.36. The molecule has 0 fully saturated rings. The van der Waals surface area contributed by atoms with Gasteiger partial charge in [-0.25, -0.2) is 9.18 Å². The van der Waals surface area contributed by atoms with Crippen LogP contribution in [0.25, 0.3) is 11.3 Å². The monoisotopic (exact) mass is 325 g/mol. The van der Waals surface area contributed by atoms with Gasteiger partial charge >= 0.3 is 5.97 Å². The molecule has 1 aromatic heterocycles. The first-order valence-corrected chi connectivity index (χ1v) is 6.61. The molecule has 2 rings (SSSR count). The standard InChI is InChI=1S/C14H13BrFNO2/c1-8(2)17-12(5-6-13(17)14(18)19)9-3-4-10(15)11(16)7-9/h3-8H,1-2H3,(H,18,19). The predicted octanol–water partition coefficient (Wildman–Crippen LogP) is 4.34. The van der Waals surface area contributed by atoms with Gasteiger partial charge in [0.25, 0.3) is 0 Å². The molecule has 2 aromatic rings. The van der Waals surface area contributed by atoms with Crippen LogP contribution in [0.3, 0.4) is 0 Å². The van der Waals surface area contributed by atoms with Crippen molar-refractivity contribution < 1.29 is 14.3 Å². The molecule has 0 spiro atoms. The summed E-state index contributed by atoms with van der Waals surface area (Å²) in [7, 11) is 0. The van der Waals surface area contributed by atoms with Gasteiger partial charge in [0, 0.05) is 17.3 Å². The Kier molecular flexibility index (Phi) is 3.75. The Morgan fingerprint density at radius 3 is 2.53 bits per heavy atom. The summed E-state index contributed by atoms with van der Waals surface area (Å²) in [5, 5.41) is 9.17. The van der Waals surface area contributed by atoms with Gasteiger partial charge in [0.2, 0.25) is 0 Å². The minimum atomic E-state index is -0.988. The molecular formula is C14H13BrFNO2. The molecule has 0 amide bonds. The van der Waals surface area contributed by atoms with Crippen molar-refractivity contribution in [3.63, 3.8) is 0 Å². The van der Waals surface area contributed by atoms with Gasteiger partial charge in [-0.15, -0.1) is 0 Å². The van der Waals surface area contributed by atoms with Crippen molar-refractivity contribution in [2.24, 2.45) is 0 Å². The largest absolute Gasteiger partial charge is 0.477 e. The smallest absolute Gasteiger partial charge is 0.352 e. The van der Waals surface area contributed by atoms with E-state index in [4.69, 9.17) is 0 Å². The van der Waals surface area contributed by atoms with Gasteiger partial charge in [0.1, 0.15) is 11.5 Å². The van der Waals surface area contributed by atoms with Crippen molar-refractivity contribution in [3.05, 3.63) is 46.3 Å². The van der Waals surface area contributed by atoms with Crippen molar-refractivity contribution in [1.82, 2.24) is 4.57 Å². The normalized spacial score (nSPS) is 11.0. The Morgan fingerprint density at radius 1 is 1.32 bits per heavy atom. The molecule has 1 N–H and O–H groups in total. The first kappa shape index (κ1) is 13.8. The molecule has 1 heterocycles. The van der Waals surface area contributed by atoms with E-state index in [1.54, 1.807) is 22.8 Å². The minimum Gasteiger partial charge on any atom is -0.477 e. The minimum absolute atomic E-state index is 0.0252. The molecule has 19 heavy (non-hydrogen) atoms. The van der Waals surface area contributed by atoms with Crippen molar-refractivity contribution in [2.45, 2.75) is 19.9 Å². The van der Waals surface area contributed by atoms with Crippen LogP contribution >= 0.6 is 15.9 Å². The van der Waals surface area contributed by atoms with E-state index in [9.17, 15) is 14.3 Å². The molecule has 0 aliphatic rings. The van der Waals surface area contributed by atoms with Gasteiger partial charge < -0.3 is 9.67 Å². The summed E-state index contributed by atoms with van der Waals surface area (Å²) < 4.78 is 15.7. The van der Waals surface area contributed by atoms with Crippen LogP contribution in [-0.4, -0.2) is 15.6 Å². The summed E-state index contributed by atoms with van der Waals surface area (Å²) in [4.78, 5) is 11.2. The second-order valence-electron chi connectivity index (χ2n) is 4.50. The lowest BCUT2D eigenvalue weighted by atomic mass is 10.1. The molecule has 0 aliphatic heterocycles. The number of hydrogen-bond acceptors (Lipinski definition) is 1. The van der Waals surface area contributed by atoms with E-state index in [2.05, 4.69) is 15.9 Å². The molecule has 0 radical (unpaired) electrons. The molecule has 5 heteroatoms. The molecule has 0 atom stereocenters. The number of hydrogen-bond donors (Lipinski definition) is 1. The molecular weight excluding hydrogens is 313 g/mol. The molecule has 3 nitrogen and oxygen atoms in total. The zero-order chi connectivity index (χ0) is 14.2. The van der Waals surface area contributed by atoms with Gasteiger partial charge in [-0.2, -0.15) is 0 Å². The van der Waals surface area contributed by atoms with E-state index in [0.29, 0.717) is 15.7 Å². The maximum Gasteiger partial charge on any atom is 0.352 e. The average molecular weight is 326 g/mol. The number of carbonyl (C=O) groups is 1. The van der Waals surface area contributed by atoms with Gasteiger partial charge in [0.15, 0.2) is 0 Å². The highest BCUT2D eigenvalue weighted by Crippen LogP contribution is 2.29. The molecule has 0 unspecified atom stereocenters. The van der Waals surface area contributed by atoms with Gasteiger partial charge in [0.05, 0.1) is 4.47 Å². The van der Waals surface area contributed by atoms with Crippen LogP contribution < -0.4 is 0 Å². The van der Waals surface area contributed by atoms with Crippen LogP contribution in [0.15, 0.2) is 34.8 Å². The first-order valence-electron chi connectivity index (χ1n) is 5.81. The number of carboxylic acids is 1. The van der Waals surface area contributed by atoms with E-state index in [-0.39, 0.29) is 17.6 Å². The number of benzene rings is 1. The van der Waals surface area contributed by atoms with E-state index >= 15 is 0 Å². The Labute approximate surface area is 118 Å². The Hall–Kier alpha value is -1.62. The summed E-state index contributed by atoms with van der Waals surface area (Å²) in [6.07, 6.45) is 0.